The van der Waals surface area contributed by atoms with Crippen LogP contribution in [0.3, 0.4) is 0 Å². The van der Waals surface area contributed by atoms with Crippen LogP contribution < -0.4 is 15.4 Å². The van der Waals surface area contributed by atoms with Gasteiger partial charge < -0.3 is 10.6 Å². The predicted octanol–water partition coefficient (Wildman–Crippen LogP) is 1.86. The quantitative estimate of drug-likeness (QED) is 0.286. The third-order valence-corrected chi connectivity index (χ3v) is 6.17. The lowest BCUT2D eigenvalue weighted by Gasteiger charge is -2.18. The van der Waals surface area contributed by atoms with Gasteiger partial charge in [-0.05, 0) is 57.5 Å². The molecule has 0 saturated heterocycles. The summed E-state index contributed by atoms with van der Waals surface area (Å²) < 4.78 is 27.8. The van der Waals surface area contributed by atoms with Gasteiger partial charge in [0.1, 0.15) is 0 Å². The van der Waals surface area contributed by atoms with Crippen LogP contribution in [0.4, 0.5) is 0 Å². The van der Waals surface area contributed by atoms with E-state index in [1.54, 1.807) is 31.3 Å². The lowest BCUT2D eigenvalue weighted by atomic mass is 10.1. The Morgan fingerprint density at radius 2 is 1.86 bits per heavy atom. The van der Waals surface area contributed by atoms with Crippen molar-refractivity contribution >= 4 is 40.0 Å². The molecule has 1 heterocycles. The van der Waals surface area contributed by atoms with E-state index in [1.807, 2.05) is 18.7 Å². The summed E-state index contributed by atoms with van der Waals surface area (Å²) in [5.74, 6) is 0.693. The fourth-order valence-electron chi connectivity index (χ4n) is 2.99. The van der Waals surface area contributed by atoms with Crippen LogP contribution in [0.2, 0.25) is 0 Å². The molecule has 2 rings (SSSR count). The first-order valence-electron chi connectivity index (χ1n) is 9.16. The molecule has 0 fully saturated rings. The van der Waals surface area contributed by atoms with Crippen molar-refractivity contribution in [1.82, 2.24) is 25.1 Å². The summed E-state index contributed by atoms with van der Waals surface area (Å²) in [6.07, 6.45) is 0.850. The van der Waals surface area contributed by atoms with Crippen molar-refractivity contribution in [3.8, 4) is 0 Å². The number of rotatable bonds is 7. The van der Waals surface area contributed by atoms with Crippen molar-refractivity contribution in [2.24, 2.45) is 12.0 Å². The molecule has 2 aromatic rings. The molecule has 1 unspecified atom stereocenters. The Morgan fingerprint density at radius 1 is 1.24 bits per heavy atom. The largest absolute Gasteiger partial charge is 0.354 e. The number of hydrogen-bond acceptors (Lipinski definition) is 4. The molecule has 0 aliphatic carbocycles. The standard InChI is InChI=1S/C19H30N6O2S.HI/c1-13(11-18-14(2)24-25(6)15(18)3)23-19(20-4)22-12-16-7-9-17(10-8-16)28(26,27)21-5;/h7-10,13,21H,11-12H2,1-6H3,(H2,20,22,23);1H. The highest BCUT2D eigenvalue weighted by atomic mass is 127. The minimum absolute atomic E-state index is 0. The first-order chi connectivity index (χ1) is 13.2. The van der Waals surface area contributed by atoms with Crippen molar-refractivity contribution in [2.45, 2.75) is 44.7 Å². The maximum atomic E-state index is 11.8. The molecule has 0 aliphatic heterocycles. The summed E-state index contributed by atoms with van der Waals surface area (Å²) >= 11 is 0. The SMILES string of the molecule is CN=C(NCc1ccc(S(=O)(=O)NC)cc1)NC(C)Cc1c(C)nn(C)c1C.I. The second-order valence-electron chi connectivity index (χ2n) is 6.80. The van der Waals surface area contributed by atoms with Crippen LogP contribution in [0, 0.1) is 13.8 Å². The Morgan fingerprint density at radius 3 is 2.34 bits per heavy atom. The van der Waals surface area contributed by atoms with Crippen LogP contribution in [0.1, 0.15) is 29.4 Å². The lowest BCUT2D eigenvalue weighted by molar-refractivity contribution is 0.588. The maximum absolute atomic E-state index is 11.8. The first kappa shape index (κ1) is 25.4. The molecule has 29 heavy (non-hydrogen) atoms. The van der Waals surface area contributed by atoms with Gasteiger partial charge in [-0.25, -0.2) is 13.1 Å². The van der Waals surface area contributed by atoms with Crippen molar-refractivity contribution in [2.75, 3.05) is 14.1 Å². The number of sulfonamides is 1. The fraction of sp³-hybridized carbons (Fsp3) is 0.474. The summed E-state index contributed by atoms with van der Waals surface area (Å²) in [6, 6.07) is 6.94. The van der Waals surface area contributed by atoms with Crippen molar-refractivity contribution in [3.05, 3.63) is 46.8 Å². The van der Waals surface area contributed by atoms with Crippen molar-refractivity contribution in [3.63, 3.8) is 0 Å². The number of guanidine groups is 1. The molecular weight excluding hydrogens is 503 g/mol. The smallest absolute Gasteiger partial charge is 0.240 e. The van der Waals surface area contributed by atoms with Gasteiger partial charge in [0, 0.05) is 32.4 Å². The molecule has 8 nitrogen and oxygen atoms in total. The van der Waals surface area contributed by atoms with Crippen LogP contribution >= 0.6 is 24.0 Å². The number of nitrogens with zero attached hydrogens (tertiary/aromatic N) is 3. The molecule has 10 heteroatoms. The third kappa shape index (κ3) is 6.68. The zero-order chi connectivity index (χ0) is 20.9. The monoisotopic (exact) mass is 534 g/mol. The Hall–Kier alpha value is -1.66. The van der Waals surface area contributed by atoms with Crippen molar-refractivity contribution < 1.29 is 8.42 Å². The molecule has 0 saturated carbocycles. The topological polar surface area (TPSA) is 100 Å². The molecule has 0 radical (unpaired) electrons. The molecule has 1 aromatic carbocycles. The van der Waals surface area contributed by atoms with Gasteiger partial charge >= 0.3 is 0 Å². The summed E-state index contributed by atoms with van der Waals surface area (Å²) in [5.41, 5.74) is 4.43. The highest BCUT2D eigenvalue weighted by molar-refractivity contribution is 14.0. The normalized spacial score (nSPS) is 13.0. The minimum atomic E-state index is -3.42. The van der Waals surface area contributed by atoms with E-state index in [9.17, 15) is 8.42 Å². The Balaban J connectivity index is 0.00000420. The number of aliphatic imine (C=N–C) groups is 1. The van der Waals surface area contributed by atoms with Gasteiger partial charge in [-0.1, -0.05) is 12.1 Å². The molecule has 0 aliphatic rings. The van der Waals surface area contributed by atoms with Crippen LogP contribution in [0.15, 0.2) is 34.2 Å². The zero-order valence-corrected chi connectivity index (χ0v) is 20.9. The predicted molar refractivity (Wildman–Crippen MR) is 127 cm³/mol. The average molecular weight is 534 g/mol. The third-order valence-electron chi connectivity index (χ3n) is 4.74. The van der Waals surface area contributed by atoms with E-state index < -0.39 is 10.0 Å². The second kappa shape index (κ2) is 10.9. The summed E-state index contributed by atoms with van der Waals surface area (Å²) in [7, 11) is 1.67. The van der Waals surface area contributed by atoms with E-state index >= 15 is 0 Å². The first-order valence-corrected chi connectivity index (χ1v) is 10.6. The Labute approximate surface area is 190 Å². The number of benzene rings is 1. The van der Waals surface area contributed by atoms with Crippen molar-refractivity contribution in [1.29, 1.82) is 0 Å². The van der Waals surface area contributed by atoms with Crippen LogP contribution in [0.25, 0.3) is 0 Å². The Bertz CT molecular complexity index is 938. The summed E-state index contributed by atoms with van der Waals surface area (Å²) in [6.45, 7) is 6.75. The Kier molecular flexibility index (Phi) is 9.56. The van der Waals surface area contributed by atoms with Gasteiger partial charge in [0.25, 0.3) is 0 Å². The molecule has 162 valence electrons. The maximum Gasteiger partial charge on any atom is 0.240 e. The number of aryl methyl sites for hydroxylation is 2. The second-order valence-corrected chi connectivity index (χ2v) is 8.69. The van der Waals surface area contributed by atoms with Gasteiger partial charge in [0.15, 0.2) is 5.96 Å². The van der Waals surface area contributed by atoms with Gasteiger partial charge in [0.2, 0.25) is 10.0 Å². The van der Waals surface area contributed by atoms with E-state index in [1.165, 1.54) is 18.3 Å². The van der Waals surface area contributed by atoms with Gasteiger partial charge in [0.05, 0.1) is 10.6 Å². The van der Waals surface area contributed by atoms with E-state index in [4.69, 9.17) is 0 Å². The molecule has 0 spiro atoms. The number of halogens is 1. The minimum Gasteiger partial charge on any atom is -0.354 e. The van der Waals surface area contributed by atoms with Gasteiger partial charge in [-0.2, -0.15) is 5.10 Å². The zero-order valence-electron chi connectivity index (χ0n) is 17.8. The molecule has 0 amide bonds. The highest BCUT2D eigenvalue weighted by Crippen LogP contribution is 2.14. The summed E-state index contributed by atoms with van der Waals surface area (Å²) in [4.78, 5) is 4.52. The van der Waals surface area contributed by atoms with Crippen LogP contribution in [-0.4, -0.2) is 44.3 Å². The van der Waals surface area contributed by atoms with Crippen LogP contribution in [0.5, 0.6) is 0 Å². The molecule has 3 N–H and O–H groups in total. The lowest BCUT2D eigenvalue weighted by Crippen LogP contribution is -2.42. The number of hydrogen-bond donors (Lipinski definition) is 3. The molecule has 1 atom stereocenters. The number of aromatic nitrogens is 2. The van der Waals surface area contributed by atoms with Gasteiger partial charge in [-0.15, -0.1) is 24.0 Å². The number of nitrogens with one attached hydrogen (secondary N) is 3. The van der Waals surface area contributed by atoms with E-state index in [-0.39, 0.29) is 34.9 Å². The van der Waals surface area contributed by atoms with Gasteiger partial charge in [-0.3, -0.25) is 9.67 Å². The van der Waals surface area contributed by atoms with E-state index in [2.05, 4.69) is 39.3 Å². The van der Waals surface area contributed by atoms with E-state index in [0.29, 0.717) is 12.5 Å². The highest BCUT2D eigenvalue weighted by Gasteiger charge is 2.14. The molecule has 0 bridgehead atoms. The van der Waals surface area contributed by atoms with Crippen LogP contribution in [-0.2, 0) is 30.0 Å². The molecule has 1 aromatic heterocycles. The van der Waals surface area contributed by atoms with E-state index in [0.717, 1.165) is 17.7 Å². The average Bonchev–Trinajstić information content (AvgIpc) is 2.91. The summed E-state index contributed by atoms with van der Waals surface area (Å²) in [5, 5.41) is 11.1. The fourth-order valence-corrected chi connectivity index (χ4v) is 3.72. The molecular formula is C19H31IN6O2S.